The van der Waals surface area contributed by atoms with Crippen LogP contribution < -0.4 is 0 Å². The van der Waals surface area contributed by atoms with Gasteiger partial charge in [-0.15, -0.1) is 11.8 Å². The van der Waals surface area contributed by atoms with Crippen molar-refractivity contribution in [2.45, 2.75) is 56.7 Å². The van der Waals surface area contributed by atoms with Crippen molar-refractivity contribution in [1.82, 2.24) is 19.4 Å². The number of aliphatic carboxylic acids is 1. The molecule has 2 N–H and O–H groups in total. The Kier molecular flexibility index (Phi) is 7.42. The summed E-state index contributed by atoms with van der Waals surface area (Å²) < 4.78 is 7.08. The van der Waals surface area contributed by atoms with Gasteiger partial charge in [0.2, 0.25) is 5.91 Å². The van der Waals surface area contributed by atoms with Crippen molar-refractivity contribution in [3.05, 3.63) is 41.5 Å². The highest BCUT2D eigenvalue weighted by atomic mass is 32.2. The smallest absolute Gasteiger partial charge is 0.410 e. The second kappa shape index (κ2) is 10.4. The maximum atomic E-state index is 12.8. The Morgan fingerprint density at radius 3 is 2.83 bits per heavy atom. The van der Waals surface area contributed by atoms with Crippen molar-refractivity contribution < 1.29 is 29.3 Å². The van der Waals surface area contributed by atoms with Gasteiger partial charge in [-0.2, -0.15) is 5.26 Å². The van der Waals surface area contributed by atoms with Crippen molar-refractivity contribution in [3.63, 3.8) is 0 Å². The largest absolute Gasteiger partial charge is 0.477 e. The Hall–Kier alpha value is -3.30. The van der Waals surface area contributed by atoms with Crippen LogP contribution in [0.15, 0.2) is 35.8 Å². The molecule has 3 aliphatic heterocycles. The van der Waals surface area contributed by atoms with Crippen LogP contribution in [0.4, 0.5) is 4.79 Å². The minimum absolute atomic E-state index is 0.0221. The topological polar surface area (TPSA) is 149 Å². The predicted molar refractivity (Wildman–Crippen MR) is 129 cm³/mol. The number of thioether (sulfide) groups is 1. The van der Waals surface area contributed by atoms with E-state index in [9.17, 15) is 24.6 Å². The van der Waals surface area contributed by atoms with Crippen LogP contribution >= 0.6 is 11.8 Å². The third-order valence-electron chi connectivity index (χ3n) is 7.01. The van der Waals surface area contributed by atoms with Gasteiger partial charge in [-0.1, -0.05) is 19.6 Å². The molecular weight excluding hydrogens is 486 g/mol. The number of β-lactam (4-membered cyclic amide) rings is 1. The van der Waals surface area contributed by atoms with E-state index >= 15 is 0 Å². The molecule has 12 heteroatoms. The van der Waals surface area contributed by atoms with Crippen molar-refractivity contribution in [3.8, 4) is 6.07 Å². The van der Waals surface area contributed by atoms with E-state index in [4.69, 9.17) is 10.00 Å². The highest BCUT2D eigenvalue weighted by Crippen LogP contribution is 2.52. The van der Waals surface area contributed by atoms with Gasteiger partial charge < -0.3 is 29.3 Å². The van der Waals surface area contributed by atoms with Crippen molar-refractivity contribution in [1.29, 1.82) is 5.26 Å². The number of carboxylic acid groups (broad SMARTS) is 1. The Morgan fingerprint density at radius 1 is 1.47 bits per heavy atom. The average molecular weight is 516 g/mol. The molecule has 0 radical (unpaired) electrons. The van der Waals surface area contributed by atoms with Crippen LogP contribution in [0.25, 0.3) is 0 Å². The Labute approximate surface area is 213 Å². The summed E-state index contributed by atoms with van der Waals surface area (Å²) in [6.45, 7) is 7.99. The van der Waals surface area contributed by atoms with E-state index in [-0.39, 0.29) is 41.5 Å². The maximum absolute atomic E-state index is 12.8. The molecule has 36 heavy (non-hydrogen) atoms. The summed E-state index contributed by atoms with van der Waals surface area (Å²) >= 11 is 1.39. The molecule has 0 unspecified atom stereocenters. The summed E-state index contributed by atoms with van der Waals surface area (Å²) in [5, 5.41) is 28.9. The molecule has 2 saturated heterocycles. The van der Waals surface area contributed by atoms with E-state index in [1.54, 1.807) is 28.9 Å². The molecule has 0 bridgehead atoms. The SMILES string of the molecule is C=CCOC(=O)N1C[C@@H](SC2=C(C(=O)O)N3C(=O)[C@H]([C@@H](C)O)[C@H]3[C@H]2C)C[C@H]1CCn1cnc(C#N)c1. The minimum Gasteiger partial charge on any atom is -0.477 e. The van der Waals surface area contributed by atoms with E-state index in [1.807, 2.05) is 13.0 Å². The lowest BCUT2D eigenvalue weighted by Crippen LogP contribution is -2.63. The molecule has 1 aromatic rings. The first-order valence-electron chi connectivity index (χ1n) is 11.8. The van der Waals surface area contributed by atoms with Gasteiger partial charge in [0.1, 0.15) is 18.4 Å². The molecule has 0 aliphatic carbocycles. The second-order valence-corrected chi connectivity index (χ2v) is 10.7. The first-order chi connectivity index (χ1) is 17.2. The van der Waals surface area contributed by atoms with Gasteiger partial charge in [0.05, 0.1) is 24.4 Å². The summed E-state index contributed by atoms with van der Waals surface area (Å²) in [6.07, 6.45) is 4.58. The number of rotatable bonds is 9. The fraction of sp³-hybridized carbons (Fsp3) is 0.542. The van der Waals surface area contributed by atoms with Crippen LogP contribution in [0.3, 0.4) is 0 Å². The lowest BCUT2D eigenvalue weighted by Gasteiger charge is -2.46. The normalized spacial score (nSPS) is 27.9. The van der Waals surface area contributed by atoms with Gasteiger partial charge >= 0.3 is 12.1 Å². The van der Waals surface area contributed by atoms with E-state index in [1.165, 1.54) is 22.7 Å². The van der Waals surface area contributed by atoms with Crippen LogP contribution in [-0.4, -0.2) is 84.1 Å². The highest BCUT2D eigenvalue weighted by molar-refractivity contribution is 8.03. The molecule has 0 aromatic carbocycles. The Bertz CT molecular complexity index is 1140. The summed E-state index contributed by atoms with van der Waals surface area (Å²) in [7, 11) is 0. The summed E-state index contributed by atoms with van der Waals surface area (Å²) in [6, 6.07) is 1.44. The number of aliphatic hydroxyl groups is 1. The molecule has 3 aliphatic rings. The third kappa shape index (κ3) is 4.60. The quantitative estimate of drug-likeness (QED) is 0.371. The third-order valence-corrected chi connectivity index (χ3v) is 8.50. The molecule has 192 valence electrons. The number of aliphatic hydroxyl groups excluding tert-OH is 1. The molecule has 4 heterocycles. The number of amides is 2. The standard InChI is InChI=1S/C24H29N5O6S/c1-4-7-35-24(34)28-11-17(8-16(28)5-6-27-10-15(9-25)26-12-27)36-21-13(2)19-18(14(3)30)22(31)29(19)20(21)23(32)33/h4,10,12-14,16-19,30H,1,5-8,11H2,2-3H3,(H,32,33)/t13-,14-,16-,17+,18-,19-/m1/s1. The first-order valence-corrected chi connectivity index (χ1v) is 12.7. The van der Waals surface area contributed by atoms with Gasteiger partial charge in [0.25, 0.3) is 0 Å². The van der Waals surface area contributed by atoms with E-state index in [0.29, 0.717) is 36.5 Å². The summed E-state index contributed by atoms with van der Waals surface area (Å²) in [5.74, 6) is -2.41. The van der Waals surface area contributed by atoms with Crippen LogP contribution in [-0.2, 0) is 20.9 Å². The Morgan fingerprint density at radius 2 is 2.22 bits per heavy atom. The zero-order chi connectivity index (χ0) is 26.1. The molecule has 0 saturated carbocycles. The zero-order valence-electron chi connectivity index (χ0n) is 20.1. The van der Waals surface area contributed by atoms with Crippen LogP contribution in [0.1, 0.15) is 32.4 Å². The number of likely N-dealkylation sites (tertiary alicyclic amines) is 1. The number of carboxylic acids is 1. The highest BCUT2D eigenvalue weighted by Gasteiger charge is 2.60. The van der Waals surface area contributed by atoms with Crippen molar-refractivity contribution in [2.24, 2.45) is 11.8 Å². The number of imidazole rings is 1. The van der Waals surface area contributed by atoms with Gasteiger partial charge in [-0.05, 0) is 19.8 Å². The van der Waals surface area contributed by atoms with Crippen LogP contribution in [0, 0.1) is 23.2 Å². The molecule has 2 fully saturated rings. The van der Waals surface area contributed by atoms with Crippen molar-refractivity contribution >= 4 is 29.7 Å². The lowest BCUT2D eigenvalue weighted by molar-refractivity contribution is -0.163. The fourth-order valence-electron chi connectivity index (χ4n) is 5.37. The second-order valence-electron chi connectivity index (χ2n) is 9.32. The van der Waals surface area contributed by atoms with Gasteiger partial charge in [-0.3, -0.25) is 4.79 Å². The fourth-order valence-corrected chi connectivity index (χ4v) is 6.93. The van der Waals surface area contributed by atoms with Crippen molar-refractivity contribution in [2.75, 3.05) is 13.2 Å². The van der Waals surface area contributed by atoms with Gasteiger partial charge in [-0.25, -0.2) is 14.6 Å². The van der Waals surface area contributed by atoms with E-state index < -0.39 is 24.1 Å². The van der Waals surface area contributed by atoms with Crippen LogP contribution in [0.5, 0.6) is 0 Å². The molecule has 6 atom stereocenters. The molecule has 11 nitrogen and oxygen atoms in total. The minimum atomic E-state index is -1.17. The predicted octanol–water partition coefficient (Wildman–Crippen LogP) is 1.80. The average Bonchev–Trinajstić information content (AvgIpc) is 3.52. The number of aromatic nitrogens is 2. The number of hydrogen-bond donors (Lipinski definition) is 2. The summed E-state index contributed by atoms with van der Waals surface area (Å²) in [4.78, 5) is 45.1. The monoisotopic (exact) mass is 515 g/mol. The number of carbonyl (C=O) groups is 3. The van der Waals surface area contributed by atoms with E-state index in [0.717, 1.165) is 0 Å². The van der Waals surface area contributed by atoms with Gasteiger partial charge in [0.15, 0.2) is 5.69 Å². The zero-order valence-corrected chi connectivity index (χ0v) is 20.9. The number of fused-ring (bicyclic) bond motifs is 1. The summed E-state index contributed by atoms with van der Waals surface area (Å²) in [5.41, 5.74) is 0.293. The number of aryl methyl sites for hydroxylation is 1. The van der Waals surface area contributed by atoms with E-state index in [2.05, 4.69) is 11.6 Å². The number of carbonyl (C=O) groups excluding carboxylic acids is 2. The maximum Gasteiger partial charge on any atom is 0.410 e. The lowest BCUT2D eigenvalue weighted by atomic mass is 9.79. The number of nitrogens with zero attached hydrogens (tertiary/aromatic N) is 5. The number of ether oxygens (including phenoxy) is 1. The van der Waals surface area contributed by atoms with Crippen LogP contribution in [0.2, 0.25) is 0 Å². The number of hydrogen-bond acceptors (Lipinski definition) is 8. The van der Waals surface area contributed by atoms with Gasteiger partial charge in [0, 0.05) is 41.4 Å². The first kappa shape index (κ1) is 25.8. The molecular formula is C24H29N5O6S. The number of nitriles is 1. The molecule has 4 rings (SSSR count). The Balaban J connectivity index is 1.51. The molecule has 1 aromatic heterocycles. The molecule has 0 spiro atoms. The molecule has 2 amide bonds.